The third-order valence-corrected chi connectivity index (χ3v) is 7.45. The lowest BCUT2D eigenvalue weighted by Gasteiger charge is -2.33. The van der Waals surface area contributed by atoms with Crippen LogP contribution in [0.2, 0.25) is 15.1 Å². The van der Waals surface area contributed by atoms with E-state index < -0.39 is 28.5 Å². The summed E-state index contributed by atoms with van der Waals surface area (Å²) in [5, 5.41) is 3.58. The summed E-state index contributed by atoms with van der Waals surface area (Å²) in [5.41, 5.74) is 1.25. The zero-order valence-corrected chi connectivity index (χ0v) is 21.8. The Balaban J connectivity index is 2.54. The first-order chi connectivity index (χ1) is 15.4. The molecular weight excluding hydrogens is 509 g/mol. The first-order valence-electron chi connectivity index (χ1n) is 10.1. The first kappa shape index (κ1) is 27.2. The van der Waals surface area contributed by atoms with E-state index in [2.05, 4.69) is 5.32 Å². The van der Waals surface area contributed by atoms with Gasteiger partial charge in [0.15, 0.2) is 0 Å². The Kier molecular flexibility index (Phi) is 9.43. The Bertz CT molecular complexity index is 1120. The molecule has 2 rings (SSSR count). The summed E-state index contributed by atoms with van der Waals surface area (Å²) in [6, 6.07) is 8.87. The smallest absolute Gasteiger partial charge is 0.244 e. The van der Waals surface area contributed by atoms with Crippen molar-refractivity contribution in [2.75, 3.05) is 24.2 Å². The van der Waals surface area contributed by atoms with Gasteiger partial charge in [0.25, 0.3) is 0 Å². The van der Waals surface area contributed by atoms with Gasteiger partial charge in [0.2, 0.25) is 21.8 Å². The lowest BCUT2D eigenvalue weighted by atomic mass is 10.1. The number of anilines is 1. The fourth-order valence-corrected chi connectivity index (χ4v) is 4.99. The van der Waals surface area contributed by atoms with Gasteiger partial charge in [0, 0.05) is 34.2 Å². The van der Waals surface area contributed by atoms with Crippen LogP contribution >= 0.6 is 34.8 Å². The molecule has 0 aromatic heterocycles. The van der Waals surface area contributed by atoms with Gasteiger partial charge in [-0.15, -0.1) is 0 Å². The zero-order valence-electron chi connectivity index (χ0n) is 18.7. The highest BCUT2D eigenvalue weighted by Gasteiger charge is 2.32. The molecule has 0 spiro atoms. The van der Waals surface area contributed by atoms with E-state index in [0.717, 1.165) is 10.6 Å². The fraction of sp³-hybridized carbons (Fsp3) is 0.364. The second-order valence-corrected chi connectivity index (χ2v) is 10.5. The molecule has 2 aromatic rings. The van der Waals surface area contributed by atoms with E-state index in [1.54, 1.807) is 50.2 Å². The van der Waals surface area contributed by atoms with Gasteiger partial charge in [-0.25, -0.2) is 8.42 Å². The minimum atomic E-state index is -3.86. The second kappa shape index (κ2) is 11.4. The van der Waals surface area contributed by atoms with Gasteiger partial charge >= 0.3 is 0 Å². The van der Waals surface area contributed by atoms with E-state index in [4.69, 9.17) is 34.8 Å². The molecule has 0 fully saturated rings. The van der Waals surface area contributed by atoms with Gasteiger partial charge in [-0.05, 0) is 43.2 Å². The number of halogens is 3. The number of benzene rings is 2. The quantitative estimate of drug-likeness (QED) is 0.520. The normalized spacial score (nSPS) is 12.2. The molecule has 0 bridgehead atoms. The topological polar surface area (TPSA) is 86.8 Å². The van der Waals surface area contributed by atoms with Crippen LogP contribution in [0.15, 0.2) is 36.4 Å². The Hall–Kier alpha value is -2.00. The Morgan fingerprint density at radius 1 is 1.03 bits per heavy atom. The van der Waals surface area contributed by atoms with Crippen molar-refractivity contribution < 1.29 is 18.0 Å². The van der Waals surface area contributed by atoms with Crippen molar-refractivity contribution in [1.29, 1.82) is 0 Å². The molecule has 1 N–H and O–H groups in total. The summed E-state index contributed by atoms with van der Waals surface area (Å²) in [5.74, 6) is -0.981. The van der Waals surface area contributed by atoms with Crippen LogP contribution in [-0.2, 0) is 26.2 Å². The van der Waals surface area contributed by atoms with Crippen LogP contribution in [0.25, 0.3) is 0 Å². The maximum absolute atomic E-state index is 13.5. The van der Waals surface area contributed by atoms with E-state index in [1.807, 2.05) is 0 Å². The molecule has 0 unspecified atom stereocenters. The molecule has 0 heterocycles. The minimum absolute atomic E-state index is 0.0740. The summed E-state index contributed by atoms with van der Waals surface area (Å²) in [7, 11) is -2.39. The van der Waals surface area contributed by atoms with Crippen molar-refractivity contribution in [2.45, 2.75) is 32.9 Å². The van der Waals surface area contributed by atoms with Crippen molar-refractivity contribution >= 4 is 62.3 Å². The predicted molar refractivity (Wildman–Crippen MR) is 134 cm³/mol. The molecule has 0 saturated carbocycles. The summed E-state index contributed by atoms with van der Waals surface area (Å²) in [4.78, 5) is 27.4. The van der Waals surface area contributed by atoms with Gasteiger partial charge < -0.3 is 10.2 Å². The lowest BCUT2D eigenvalue weighted by Crippen LogP contribution is -2.51. The third kappa shape index (κ3) is 6.53. The molecule has 0 aliphatic heterocycles. The van der Waals surface area contributed by atoms with Crippen molar-refractivity contribution in [3.8, 4) is 0 Å². The molecule has 0 saturated heterocycles. The fourth-order valence-electron chi connectivity index (χ4n) is 3.40. The number of carbonyl (C=O) groups excluding carboxylic acids is 2. The number of nitrogens with zero attached hydrogens (tertiary/aromatic N) is 2. The predicted octanol–water partition coefficient (Wildman–Crippen LogP) is 4.27. The number of nitrogens with one attached hydrogen (secondary N) is 1. The van der Waals surface area contributed by atoms with E-state index >= 15 is 0 Å². The van der Waals surface area contributed by atoms with Crippen LogP contribution in [-0.4, -0.2) is 51.0 Å². The molecule has 2 amide bonds. The summed E-state index contributed by atoms with van der Waals surface area (Å²) >= 11 is 18.8. The van der Waals surface area contributed by atoms with E-state index in [0.29, 0.717) is 32.6 Å². The number of rotatable bonds is 9. The SMILES string of the molecule is CC[C@@H](C(=O)NC)N(Cc1c(Cl)cccc1Cl)C(=O)CN(c1cccc(Cl)c1C)S(C)(=O)=O. The molecule has 180 valence electrons. The summed E-state index contributed by atoms with van der Waals surface area (Å²) in [6.45, 7) is 2.82. The van der Waals surface area contributed by atoms with Crippen molar-refractivity contribution in [3.05, 3.63) is 62.6 Å². The average Bonchev–Trinajstić information content (AvgIpc) is 2.74. The number of hydrogen-bond donors (Lipinski definition) is 1. The van der Waals surface area contributed by atoms with E-state index in [1.165, 1.54) is 11.9 Å². The maximum atomic E-state index is 13.5. The van der Waals surface area contributed by atoms with Crippen molar-refractivity contribution in [3.63, 3.8) is 0 Å². The highest BCUT2D eigenvalue weighted by Crippen LogP contribution is 2.30. The first-order valence-corrected chi connectivity index (χ1v) is 13.1. The number of hydrogen-bond acceptors (Lipinski definition) is 4. The molecule has 7 nitrogen and oxygen atoms in total. The Morgan fingerprint density at radius 3 is 2.09 bits per heavy atom. The second-order valence-electron chi connectivity index (χ2n) is 7.41. The standard InChI is InChI=1S/C22H26Cl3N3O4S/c1-5-19(22(30)26-3)27(12-15-17(24)9-6-10-18(15)25)21(29)13-28(33(4,31)32)20-11-7-8-16(23)14(20)2/h6-11,19H,5,12-13H2,1-4H3,(H,26,30)/t19-/m0/s1. The Morgan fingerprint density at radius 2 is 1.58 bits per heavy atom. The van der Waals surface area contributed by atoms with Crippen LogP contribution in [0.4, 0.5) is 5.69 Å². The molecule has 2 aromatic carbocycles. The molecule has 11 heteroatoms. The van der Waals surface area contributed by atoms with Gasteiger partial charge in [0.05, 0.1) is 11.9 Å². The monoisotopic (exact) mass is 533 g/mol. The minimum Gasteiger partial charge on any atom is -0.357 e. The van der Waals surface area contributed by atoms with Crippen LogP contribution in [0.1, 0.15) is 24.5 Å². The average molecular weight is 535 g/mol. The largest absolute Gasteiger partial charge is 0.357 e. The highest BCUT2D eigenvalue weighted by atomic mass is 35.5. The van der Waals surface area contributed by atoms with Crippen molar-refractivity contribution in [1.82, 2.24) is 10.2 Å². The lowest BCUT2D eigenvalue weighted by molar-refractivity contribution is -0.140. The Labute approximate surface area is 209 Å². The van der Waals surface area contributed by atoms with Crippen LogP contribution in [0.5, 0.6) is 0 Å². The molecule has 0 aliphatic rings. The van der Waals surface area contributed by atoms with Gasteiger partial charge in [-0.3, -0.25) is 13.9 Å². The third-order valence-electron chi connectivity index (χ3n) is 5.21. The van der Waals surface area contributed by atoms with E-state index in [-0.39, 0.29) is 18.1 Å². The summed E-state index contributed by atoms with van der Waals surface area (Å²) < 4.78 is 26.3. The van der Waals surface area contributed by atoms with Crippen molar-refractivity contribution in [2.24, 2.45) is 0 Å². The molecule has 1 atom stereocenters. The van der Waals surface area contributed by atoms with Crippen LogP contribution in [0.3, 0.4) is 0 Å². The van der Waals surface area contributed by atoms with Gasteiger partial charge in [-0.1, -0.05) is 53.9 Å². The molecule has 33 heavy (non-hydrogen) atoms. The number of carbonyl (C=O) groups is 2. The molecule has 0 aliphatic carbocycles. The molecule has 0 radical (unpaired) electrons. The van der Waals surface area contributed by atoms with E-state index in [9.17, 15) is 18.0 Å². The maximum Gasteiger partial charge on any atom is 0.244 e. The summed E-state index contributed by atoms with van der Waals surface area (Å²) in [6.07, 6.45) is 1.30. The highest BCUT2D eigenvalue weighted by molar-refractivity contribution is 7.92. The van der Waals surface area contributed by atoms with Gasteiger partial charge in [0.1, 0.15) is 12.6 Å². The van der Waals surface area contributed by atoms with Crippen LogP contribution < -0.4 is 9.62 Å². The van der Waals surface area contributed by atoms with Crippen LogP contribution in [0, 0.1) is 6.92 Å². The van der Waals surface area contributed by atoms with Gasteiger partial charge in [-0.2, -0.15) is 0 Å². The zero-order chi connectivity index (χ0) is 24.9. The number of sulfonamides is 1. The number of amides is 2. The molecular formula is C22H26Cl3N3O4S. The number of likely N-dealkylation sites (N-methyl/N-ethyl adjacent to an activating group) is 1.